The highest BCUT2D eigenvalue weighted by molar-refractivity contribution is 5.45. The molecule has 0 saturated heterocycles. The highest BCUT2D eigenvalue weighted by Crippen LogP contribution is 2.56. The van der Waals surface area contributed by atoms with Crippen molar-refractivity contribution in [3.05, 3.63) is 60.2 Å². The minimum Gasteiger partial charge on any atom is -0.325 e. The second-order valence-electron chi connectivity index (χ2n) is 5.45. The molecule has 2 unspecified atom stereocenters. The SMILES string of the molecule is C=C/C=C\Cc1ccccc1C1(C)CC1(C)N. The zero-order valence-corrected chi connectivity index (χ0v) is 10.7. The molecule has 2 atom stereocenters. The van der Waals surface area contributed by atoms with Gasteiger partial charge in [-0.05, 0) is 30.9 Å². The first-order chi connectivity index (χ1) is 8.01. The zero-order valence-electron chi connectivity index (χ0n) is 10.7. The van der Waals surface area contributed by atoms with Crippen molar-refractivity contribution in [1.29, 1.82) is 0 Å². The molecule has 1 aromatic carbocycles. The highest BCUT2D eigenvalue weighted by atomic mass is 14.9. The molecule has 0 spiro atoms. The number of rotatable bonds is 4. The number of allylic oxidation sites excluding steroid dienone is 3. The maximum absolute atomic E-state index is 6.27. The molecule has 2 N–H and O–H groups in total. The lowest BCUT2D eigenvalue weighted by atomic mass is 9.88. The Kier molecular flexibility index (Phi) is 2.96. The molecule has 1 saturated carbocycles. The maximum Gasteiger partial charge on any atom is 0.0230 e. The van der Waals surface area contributed by atoms with Crippen LogP contribution in [0, 0.1) is 0 Å². The molecule has 2 rings (SSSR count). The van der Waals surface area contributed by atoms with Gasteiger partial charge in [-0.15, -0.1) is 0 Å². The van der Waals surface area contributed by atoms with E-state index in [2.05, 4.69) is 50.8 Å². The van der Waals surface area contributed by atoms with Crippen molar-refractivity contribution in [3.8, 4) is 0 Å². The Bertz CT molecular complexity index is 456. The summed E-state index contributed by atoms with van der Waals surface area (Å²) in [6.45, 7) is 8.10. The van der Waals surface area contributed by atoms with Crippen LogP contribution in [0.1, 0.15) is 31.4 Å². The Labute approximate surface area is 104 Å². The van der Waals surface area contributed by atoms with E-state index in [1.165, 1.54) is 11.1 Å². The van der Waals surface area contributed by atoms with Gasteiger partial charge in [0, 0.05) is 11.0 Å². The van der Waals surface area contributed by atoms with Crippen LogP contribution in [-0.4, -0.2) is 5.54 Å². The molecule has 0 amide bonds. The Balaban J connectivity index is 2.29. The summed E-state index contributed by atoms with van der Waals surface area (Å²) in [6.07, 6.45) is 7.98. The van der Waals surface area contributed by atoms with Crippen molar-refractivity contribution < 1.29 is 0 Å². The summed E-state index contributed by atoms with van der Waals surface area (Å²) in [5, 5.41) is 0. The van der Waals surface area contributed by atoms with E-state index < -0.39 is 0 Å². The molecule has 17 heavy (non-hydrogen) atoms. The molecule has 0 radical (unpaired) electrons. The lowest BCUT2D eigenvalue weighted by molar-refractivity contribution is 0.607. The molecule has 0 aliphatic heterocycles. The molecular formula is C16H21N. The van der Waals surface area contributed by atoms with Gasteiger partial charge in [0.2, 0.25) is 0 Å². The van der Waals surface area contributed by atoms with Crippen molar-refractivity contribution in [1.82, 2.24) is 0 Å². The van der Waals surface area contributed by atoms with Gasteiger partial charge in [-0.25, -0.2) is 0 Å². The quantitative estimate of drug-likeness (QED) is 0.784. The maximum atomic E-state index is 6.27. The van der Waals surface area contributed by atoms with Gasteiger partial charge in [0.25, 0.3) is 0 Å². The van der Waals surface area contributed by atoms with Crippen LogP contribution in [0.5, 0.6) is 0 Å². The molecule has 1 fully saturated rings. The highest BCUT2D eigenvalue weighted by Gasteiger charge is 2.59. The molecule has 1 aliphatic carbocycles. The van der Waals surface area contributed by atoms with E-state index in [1.807, 2.05) is 12.2 Å². The van der Waals surface area contributed by atoms with Crippen LogP contribution in [0.2, 0.25) is 0 Å². The van der Waals surface area contributed by atoms with Gasteiger partial charge in [0.1, 0.15) is 0 Å². The van der Waals surface area contributed by atoms with Crippen LogP contribution < -0.4 is 5.73 Å². The Morgan fingerprint density at radius 1 is 1.35 bits per heavy atom. The number of hydrogen-bond donors (Lipinski definition) is 1. The minimum absolute atomic E-state index is 0.0503. The molecule has 0 bridgehead atoms. The second kappa shape index (κ2) is 4.15. The molecule has 0 heterocycles. The smallest absolute Gasteiger partial charge is 0.0230 e. The fraction of sp³-hybridized carbons (Fsp3) is 0.375. The van der Waals surface area contributed by atoms with Crippen LogP contribution in [-0.2, 0) is 11.8 Å². The van der Waals surface area contributed by atoms with Crippen LogP contribution in [0.25, 0.3) is 0 Å². The van der Waals surface area contributed by atoms with E-state index in [9.17, 15) is 0 Å². The van der Waals surface area contributed by atoms with Gasteiger partial charge in [0.15, 0.2) is 0 Å². The molecule has 0 aromatic heterocycles. The van der Waals surface area contributed by atoms with Crippen molar-refractivity contribution >= 4 is 0 Å². The van der Waals surface area contributed by atoms with Crippen LogP contribution in [0.15, 0.2) is 49.1 Å². The molecular weight excluding hydrogens is 206 g/mol. The predicted molar refractivity (Wildman–Crippen MR) is 74.0 cm³/mol. The van der Waals surface area contributed by atoms with Crippen molar-refractivity contribution in [2.75, 3.05) is 0 Å². The van der Waals surface area contributed by atoms with Crippen LogP contribution in [0.4, 0.5) is 0 Å². The molecule has 1 aromatic rings. The lowest BCUT2D eigenvalue weighted by Crippen LogP contribution is -2.28. The van der Waals surface area contributed by atoms with Gasteiger partial charge in [-0.2, -0.15) is 0 Å². The average Bonchev–Trinajstić information content (AvgIpc) is 2.80. The fourth-order valence-electron chi connectivity index (χ4n) is 2.62. The third-order valence-electron chi connectivity index (χ3n) is 4.08. The van der Waals surface area contributed by atoms with Crippen molar-refractivity contribution in [3.63, 3.8) is 0 Å². The first-order valence-electron chi connectivity index (χ1n) is 6.16. The summed E-state index contributed by atoms with van der Waals surface area (Å²) in [5.41, 5.74) is 9.14. The van der Waals surface area contributed by atoms with E-state index in [0.717, 1.165) is 12.8 Å². The van der Waals surface area contributed by atoms with Gasteiger partial charge in [0.05, 0.1) is 0 Å². The number of nitrogens with two attached hydrogens (primary N) is 1. The third kappa shape index (κ3) is 2.07. The zero-order chi connectivity index (χ0) is 12.5. The Hall–Kier alpha value is -1.34. The normalized spacial score (nSPS) is 31.7. The van der Waals surface area contributed by atoms with Crippen LogP contribution >= 0.6 is 0 Å². The fourth-order valence-corrected chi connectivity index (χ4v) is 2.62. The first-order valence-corrected chi connectivity index (χ1v) is 6.16. The van der Waals surface area contributed by atoms with Crippen LogP contribution in [0.3, 0.4) is 0 Å². The lowest BCUT2D eigenvalue weighted by Gasteiger charge is -2.18. The van der Waals surface area contributed by atoms with E-state index in [0.29, 0.717) is 0 Å². The van der Waals surface area contributed by atoms with Gasteiger partial charge in [-0.3, -0.25) is 0 Å². The number of hydrogen-bond acceptors (Lipinski definition) is 1. The Morgan fingerprint density at radius 3 is 2.59 bits per heavy atom. The van der Waals surface area contributed by atoms with Gasteiger partial charge >= 0.3 is 0 Å². The largest absolute Gasteiger partial charge is 0.325 e. The molecule has 90 valence electrons. The topological polar surface area (TPSA) is 26.0 Å². The third-order valence-corrected chi connectivity index (χ3v) is 4.08. The summed E-state index contributed by atoms with van der Waals surface area (Å²) in [7, 11) is 0. The second-order valence-corrected chi connectivity index (χ2v) is 5.45. The van der Waals surface area contributed by atoms with E-state index >= 15 is 0 Å². The molecule has 1 heteroatoms. The molecule has 1 nitrogen and oxygen atoms in total. The number of benzene rings is 1. The standard InChI is InChI=1S/C16H21N/c1-4-5-6-9-13-10-7-8-11-14(13)15(2)12-16(15,3)17/h4-8,10-11H,1,9,12,17H2,2-3H3/b6-5-. The Morgan fingerprint density at radius 2 is 2.00 bits per heavy atom. The van der Waals surface area contributed by atoms with E-state index in [-0.39, 0.29) is 11.0 Å². The minimum atomic E-state index is -0.0503. The van der Waals surface area contributed by atoms with Gasteiger partial charge in [-0.1, -0.05) is 56.0 Å². The summed E-state index contributed by atoms with van der Waals surface area (Å²) in [5.74, 6) is 0. The summed E-state index contributed by atoms with van der Waals surface area (Å²) >= 11 is 0. The predicted octanol–water partition coefficient (Wildman–Crippen LogP) is 3.35. The van der Waals surface area contributed by atoms with Crippen molar-refractivity contribution in [2.24, 2.45) is 5.73 Å². The first kappa shape index (κ1) is 12.1. The van der Waals surface area contributed by atoms with E-state index in [4.69, 9.17) is 5.73 Å². The summed E-state index contributed by atoms with van der Waals surface area (Å²) < 4.78 is 0. The van der Waals surface area contributed by atoms with E-state index in [1.54, 1.807) is 0 Å². The van der Waals surface area contributed by atoms with Gasteiger partial charge < -0.3 is 5.73 Å². The summed E-state index contributed by atoms with van der Waals surface area (Å²) in [4.78, 5) is 0. The summed E-state index contributed by atoms with van der Waals surface area (Å²) in [6, 6.07) is 8.62. The average molecular weight is 227 g/mol. The molecule has 1 aliphatic rings. The monoisotopic (exact) mass is 227 g/mol. The van der Waals surface area contributed by atoms with Crippen molar-refractivity contribution in [2.45, 2.75) is 37.6 Å².